The number of anilines is 1. The van der Waals surface area contributed by atoms with Crippen molar-refractivity contribution < 1.29 is 18.0 Å². The molecular weight excluding hydrogens is 330 g/mol. The molecule has 0 aliphatic carbocycles. The smallest absolute Gasteiger partial charge is 0.243 e. The Morgan fingerprint density at radius 3 is 2.46 bits per heavy atom. The number of fused-ring (bicyclic) bond motifs is 1. The van der Waals surface area contributed by atoms with Crippen LogP contribution in [0.3, 0.4) is 0 Å². The molecule has 2 aliphatic heterocycles. The Morgan fingerprint density at radius 1 is 1.17 bits per heavy atom. The van der Waals surface area contributed by atoms with E-state index < -0.39 is 10.0 Å². The van der Waals surface area contributed by atoms with Crippen molar-refractivity contribution in [3.8, 4) is 0 Å². The maximum Gasteiger partial charge on any atom is 0.243 e. The van der Waals surface area contributed by atoms with Gasteiger partial charge in [-0.3, -0.25) is 9.59 Å². The number of carbonyl (C=O) groups is 2. The molecule has 0 spiro atoms. The zero-order valence-electron chi connectivity index (χ0n) is 13.9. The normalized spacial score (nSPS) is 18.8. The van der Waals surface area contributed by atoms with E-state index in [4.69, 9.17) is 0 Å². The largest absolute Gasteiger partial charge is 0.340 e. The van der Waals surface area contributed by atoms with Gasteiger partial charge in [-0.25, -0.2) is 8.42 Å². The molecule has 0 unspecified atom stereocenters. The lowest BCUT2D eigenvalue weighted by atomic mass is 10.2. The second kappa shape index (κ2) is 6.18. The highest BCUT2D eigenvalue weighted by Crippen LogP contribution is 2.30. The SMILES string of the molecule is CCC(=O)N1CCN(S(=O)(=O)c2ccc3c(c2)CC(=O)N3C)CC1. The van der Waals surface area contributed by atoms with Crippen LogP contribution in [0.2, 0.25) is 0 Å². The Morgan fingerprint density at radius 2 is 1.83 bits per heavy atom. The molecular formula is C16H21N3O4S. The van der Waals surface area contributed by atoms with E-state index in [0.717, 1.165) is 11.3 Å². The van der Waals surface area contributed by atoms with Gasteiger partial charge in [-0.2, -0.15) is 4.31 Å². The standard InChI is InChI=1S/C16H21N3O4S/c1-3-15(20)18-6-8-19(9-7-18)24(22,23)13-4-5-14-12(10-13)11-16(21)17(14)2/h4-5,10H,3,6-9,11H2,1-2H3. The predicted octanol–water partition coefficient (Wildman–Crippen LogP) is 0.448. The fraction of sp³-hybridized carbons (Fsp3) is 0.500. The summed E-state index contributed by atoms with van der Waals surface area (Å²) in [6.07, 6.45) is 0.660. The van der Waals surface area contributed by atoms with Gasteiger partial charge in [-0.1, -0.05) is 6.92 Å². The summed E-state index contributed by atoms with van der Waals surface area (Å²) in [6, 6.07) is 4.83. The Hall–Kier alpha value is -1.93. The summed E-state index contributed by atoms with van der Waals surface area (Å²) >= 11 is 0. The lowest BCUT2D eigenvalue weighted by Crippen LogP contribution is -2.50. The molecule has 1 saturated heterocycles. The first-order valence-corrected chi connectivity index (χ1v) is 9.46. The number of piperazine rings is 1. The van der Waals surface area contributed by atoms with Gasteiger partial charge in [0.2, 0.25) is 21.8 Å². The van der Waals surface area contributed by atoms with Crippen LogP contribution in [0.1, 0.15) is 18.9 Å². The number of nitrogens with zero attached hydrogens (tertiary/aromatic N) is 3. The van der Waals surface area contributed by atoms with E-state index in [1.54, 1.807) is 42.0 Å². The highest BCUT2D eigenvalue weighted by atomic mass is 32.2. The highest BCUT2D eigenvalue weighted by molar-refractivity contribution is 7.89. The summed E-state index contributed by atoms with van der Waals surface area (Å²) in [5.41, 5.74) is 1.50. The van der Waals surface area contributed by atoms with Crippen LogP contribution in [0.4, 0.5) is 5.69 Å². The first-order chi connectivity index (χ1) is 11.3. The molecule has 2 amide bonds. The van der Waals surface area contributed by atoms with Crippen molar-refractivity contribution in [3.63, 3.8) is 0 Å². The minimum atomic E-state index is -3.61. The van der Waals surface area contributed by atoms with E-state index >= 15 is 0 Å². The third-order valence-corrected chi connectivity index (χ3v) is 6.55. The predicted molar refractivity (Wildman–Crippen MR) is 89.2 cm³/mol. The molecule has 7 nitrogen and oxygen atoms in total. The summed E-state index contributed by atoms with van der Waals surface area (Å²) in [6.45, 7) is 3.22. The lowest BCUT2D eigenvalue weighted by molar-refractivity contribution is -0.132. The van der Waals surface area contributed by atoms with Crippen molar-refractivity contribution in [1.82, 2.24) is 9.21 Å². The molecule has 0 radical (unpaired) electrons. The molecule has 0 N–H and O–H groups in total. The molecule has 0 bridgehead atoms. The van der Waals surface area contributed by atoms with E-state index in [0.29, 0.717) is 32.6 Å². The van der Waals surface area contributed by atoms with Crippen molar-refractivity contribution in [3.05, 3.63) is 23.8 Å². The first kappa shape index (κ1) is 16.9. The number of likely N-dealkylation sites (N-methyl/N-ethyl adjacent to an activating group) is 1. The zero-order chi connectivity index (χ0) is 17.5. The van der Waals surface area contributed by atoms with E-state index in [1.165, 1.54) is 4.31 Å². The molecule has 1 aromatic carbocycles. The first-order valence-electron chi connectivity index (χ1n) is 8.02. The van der Waals surface area contributed by atoms with E-state index in [9.17, 15) is 18.0 Å². The number of hydrogen-bond donors (Lipinski definition) is 0. The molecule has 24 heavy (non-hydrogen) atoms. The van der Waals surface area contributed by atoms with Gasteiger partial charge in [-0.15, -0.1) is 0 Å². The van der Waals surface area contributed by atoms with E-state index in [2.05, 4.69) is 0 Å². The van der Waals surface area contributed by atoms with Gasteiger partial charge < -0.3 is 9.80 Å². The maximum atomic E-state index is 12.8. The Balaban J connectivity index is 1.79. The van der Waals surface area contributed by atoms with Gasteiger partial charge >= 0.3 is 0 Å². The van der Waals surface area contributed by atoms with Crippen molar-refractivity contribution in [1.29, 1.82) is 0 Å². The van der Waals surface area contributed by atoms with E-state index in [1.807, 2.05) is 0 Å². The minimum Gasteiger partial charge on any atom is -0.340 e. The van der Waals surface area contributed by atoms with Gasteiger partial charge in [0, 0.05) is 45.3 Å². The van der Waals surface area contributed by atoms with Crippen LogP contribution in [-0.2, 0) is 26.0 Å². The van der Waals surface area contributed by atoms with Gasteiger partial charge in [0.1, 0.15) is 0 Å². The lowest BCUT2D eigenvalue weighted by Gasteiger charge is -2.34. The molecule has 0 saturated carbocycles. The van der Waals surface area contributed by atoms with Gasteiger partial charge in [0.15, 0.2) is 0 Å². The van der Waals surface area contributed by atoms with Crippen LogP contribution in [0.5, 0.6) is 0 Å². The second-order valence-corrected chi connectivity index (χ2v) is 8.00. The molecule has 130 valence electrons. The van der Waals surface area contributed by atoms with Crippen molar-refractivity contribution in [2.75, 3.05) is 38.1 Å². The Kier molecular flexibility index (Phi) is 4.35. The third kappa shape index (κ3) is 2.80. The fourth-order valence-corrected chi connectivity index (χ4v) is 4.63. The molecule has 1 aromatic rings. The van der Waals surface area contributed by atoms with Gasteiger partial charge in [0.05, 0.1) is 11.3 Å². The topological polar surface area (TPSA) is 78.0 Å². The number of sulfonamides is 1. The number of benzene rings is 1. The third-order valence-electron chi connectivity index (χ3n) is 4.66. The second-order valence-electron chi connectivity index (χ2n) is 6.06. The fourth-order valence-electron chi connectivity index (χ4n) is 3.16. The molecule has 0 atom stereocenters. The molecule has 2 aliphatic rings. The quantitative estimate of drug-likeness (QED) is 0.792. The maximum absolute atomic E-state index is 12.8. The Bertz CT molecular complexity index is 783. The summed E-state index contributed by atoms with van der Waals surface area (Å²) in [5.74, 6) is 0.0115. The van der Waals surface area contributed by atoms with Crippen LogP contribution < -0.4 is 4.90 Å². The van der Waals surface area contributed by atoms with Crippen LogP contribution in [0, 0.1) is 0 Å². The van der Waals surface area contributed by atoms with Crippen LogP contribution in [-0.4, -0.2) is 62.7 Å². The van der Waals surface area contributed by atoms with Crippen molar-refractivity contribution in [2.45, 2.75) is 24.7 Å². The average molecular weight is 351 g/mol. The van der Waals surface area contributed by atoms with E-state index in [-0.39, 0.29) is 23.1 Å². The molecule has 1 fully saturated rings. The Labute approximate surface area is 141 Å². The van der Waals surface area contributed by atoms with Crippen LogP contribution >= 0.6 is 0 Å². The summed E-state index contributed by atoms with van der Waals surface area (Å²) in [7, 11) is -1.92. The minimum absolute atomic E-state index is 0.0359. The van der Waals surface area contributed by atoms with Gasteiger partial charge in [0.25, 0.3) is 0 Å². The summed E-state index contributed by atoms with van der Waals surface area (Å²) in [5, 5.41) is 0. The highest BCUT2D eigenvalue weighted by Gasteiger charge is 2.32. The van der Waals surface area contributed by atoms with Crippen molar-refractivity contribution >= 4 is 27.5 Å². The number of carbonyl (C=O) groups excluding carboxylic acids is 2. The number of hydrogen-bond acceptors (Lipinski definition) is 4. The van der Waals surface area contributed by atoms with Gasteiger partial charge in [-0.05, 0) is 23.8 Å². The molecule has 3 rings (SSSR count). The summed E-state index contributed by atoms with van der Waals surface area (Å²) < 4.78 is 27.1. The van der Waals surface area contributed by atoms with Crippen LogP contribution in [0.15, 0.2) is 23.1 Å². The number of rotatable bonds is 3. The number of amides is 2. The summed E-state index contributed by atoms with van der Waals surface area (Å²) in [4.78, 5) is 26.9. The zero-order valence-corrected chi connectivity index (χ0v) is 14.7. The molecule has 0 aromatic heterocycles. The van der Waals surface area contributed by atoms with Crippen molar-refractivity contribution in [2.24, 2.45) is 0 Å². The molecule has 8 heteroatoms. The monoisotopic (exact) mass is 351 g/mol. The average Bonchev–Trinajstić information content (AvgIpc) is 2.88. The molecule has 2 heterocycles. The van der Waals surface area contributed by atoms with Crippen LogP contribution in [0.25, 0.3) is 0 Å².